The van der Waals surface area contributed by atoms with Crippen molar-refractivity contribution < 1.29 is 4.74 Å². The van der Waals surface area contributed by atoms with Crippen molar-refractivity contribution in [3.63, 3.8) is 0 Å². The minimum absolute atomic E-state index is 0.342. The van der Waals surface area contributed by atoms with E-state index >= 15 is 0 Å². The molecule has 19 heavy (non-hydrogen) atoms. The molecule has 2 N–H and O–H groups in total. The van der Waals surface area contributed by atoms with Crippen LogP contribution in [0.15, 0.2) is 36.4 Å². The van der Waals surface area contributed by atoms with Gasteiger partial charge in [-0.05, 0) is 49.7 Å². The van der Waals surface area contributed by atoms with E-state index in [2.05, 4.69) is 11.1 Å². The van der Waals surface area contributed by atoms with Crippen LogP contribution in [-0.4, -0.2) is 11.5 Å². The number of nitrogens with zero attached hydrogens (tertiary/aromatic N) is 2. The zero-order valence-corrected chi connectivity index (χ0v) is 10.8. The summed E-state index contributed by atoms with van der Waals surface area (Å²) in [5.74, 6) is 1.00. The van der Waals surface area contributed by atoms with Crippen LogP contribution in [0.5, 0.6) is 11.6 Å². The van der Waals surface area contributed by atoms with Crippen molar-refractivity contribution in [1.29, 1.82) is 5.26 Å². The van der Waals surface area contributed by atoms with E-state index in [1.807, 2.05) is 31.2 Å². The smallest absolute Gasteiger partial charge is 0.237 e. The van der Waals surface area contributed by atoms with Crippen LogP contribution in [0.2, 0.25) is 0 Å². The van der Waals surface area contributed by atoms with E-state index in [0.29, 0.717) is 23.7 Å². The number of aromatic nitrogens is 1. The molecule has 4 nitrogen and oxygen atoms in total. The number of nitriles is 1. The maximum absolute atomic E-state index is 9.02. The zero-order chi connectivity index (χ0) is 13.7. The van der Waals surface area contributed by atoms with Crippen LogP contribution >= 0.6 is 0 Å². The predicted octanol–water partition coefficient (Wildman–Crippen LogP) is 2.56. The summed E-state index contributed by atoms with van der Waals surface area (Å²) in [6, 6.07) is 13.2. The Morgan fingerprint density at radius 1 is 1.21 bits per heavy atom. The van der Waals surface area contributed by atoms with Crippen molar-refractivity contribution in [1.82, 2.24) is 4.98 Å². The molecule has 1 aromatic heterocycles. The second-order valence-corrected chi connectivity index (χ2v) is 4.20. The lowest BCUT2D eigenvalue weighted by Crippen LogP contribution is -2.02. The van der Waals surface area contributed by atoms with Gasteiger partial charge in [-0.1, -0.05) is 12.1 Å². The highest BCUT2D eigenvalue weighted by Crippen LogP contribution is 2.23. The van der Waals surface area contributed by atoms with Crippen LogP contribution in [0.25, 0.3) is 0 Å². The third kappa shape index (κ3) is 3.30. The SMILES string of the molecule is Cc1ccc(C#N)c(Oc2ccc(CCN)cc2)n1. The Labute approximate surface area is 112 Å². The Hall–Kier alpha value is -2.38. The molecule has 0 amide bonds. The lowest BCUT2D eigenvalue weighted by atomic mass is 10.1. The van der Waals surface area contributed by atoms with Crippen LogP contribution in [0, 0.1) is 18.3 Å². The highest BCUT2D eigenvalue weighted by Gasteiger charge is 2.06. The molecule has 1 heterocycles. The second kappa shape index (κ2) is 5.98. The van der Waals surface area contributed by atoms with E-state index in [1.54, 1.807) is 12.1 Å². The molecule has 0 bridgehead atoms. The molecule has 2 rings (SSSR count). The van der Waals surface area contributed by atoms with Crippen LogP contribution in [-0.2, 0) is 6.42 Å². The molecular weight excluding hydrogens is 238 g/mol. The molecular formula is C15H15N3O. The van der Waals surface area contributed by atoms with Crippen molar-refractivity contribution >= 4 is 0 Å². The number of pyridine rings is 1. The first-order chi connectivity index (χ1) is 9.22. The van der Waals surface area contributed by atoms with Gasteiger partial charge in [-0.3, -0.25) is 0 Å². The van der Waals surface area contributed by atoms with Gasteiger partial charge >= 0.3 is 0 Å². The maximum atomic E-state index is 9.02. The molecule has 4 heteroatoms. The Morgan fingerprint density at radius 3 is 2.58 bits per heavy atom. The molecule has 2 aromatic rings. The van der Waals surface area contributed by atoms with E-state index in [-0.39, 0.29) is 0 Å². The summed E-state index contributed by atoms with van der Waals surface area (Å²) < 4.78 is 5.65. The van der Waals surface area contributed by atoms with Gasteiger partial charge in [-0.2, -0.15) is 5.26 Å². The first-order valence-corrected chi connectivity index (χ1v) is 6.07. The largest absolute Gasteiger partial charge is 0.438 e. The third-order valence-electron chi connectivity index (χ3n) is 2.69. The molecule has 96 valence electrons. The lowest BCUT2D eigenvalue weighted by molar-refractivity contribution is 0.460. The van der Waals surface area contributed by atoms with E-state index in [4.69, 9.17) is 15.7 Å². The third-order valence-corrected chi connectivity index (χ3v) is 2.69. The van der Waals surface area contributed by atoms with Crippen LogP contribution in [0.3, 0.4) is 0 Å². The Bertz CT molecular complexity index is 600. The Morgan fingerprint density at radius 2 is 1.95 bits per heavy atom. The lowest BCUT2D eigenvalue weighted by Gasteiger charge is -2.07. The number of nitrogens with two attached hydrogens (primary N) is 1. The number of hydrogen-bond acceptors (Lipinski definition) is 4. The zero-order valence-electron chi connectivity index (χ0n) is 10.8. The summed E-state index contributed by atoms with van der Waals surface area (Å²) in [5.41, 5.74) is 7.90. The van der Waals surface area contributed by atoms with Gasteiger partial charge in [0.1, 0.15) is 17.4 Å². The average Bonchev–Trinajstić information content (AvgIpc) is 2.42. The molecule has 0 aliphatic heterocycles. The van der Waals surface area contributed by atoms with Crippen LogP contribution in [0.1, 0.15) is 16.8 Å². The van der Waals surface area contributed by atoms with Gasteiger partial charge in [-0.25, -0.2) is 4.98 Å². The fourth-order valence-corrected chi connectivity index (χ4v) is 1.70. The van der Waals surface area contributed by atoms with Crippen LogP contribution < -0.4 is 10.5 Å². The van der Waals surface area contributed by atoms with Gasteiger partial charge in [0.15, 0.2) is 0 Å². The molecule has 0 spiro atoms. The summed E-state index contributed by atoms with van der Waals surface area (Å²) in [4.78, 5) is 4.23. The second-order valence-electron chi connectivity index (χ2n) is 4.20. The number of aryl methyl sites for hydroxylation is 1. The van der Waals surface area contributed by atoms with Gasteiger partial charge in [0.2, 0.25) is 5.88 Å². The molecule has 1 aromatic carbocycles. The number of benzene rings is 1. The quantitative estimate of drug-likeness (QED) is 0.908. The van der Waals surface area contributed by atoms with E-state index in [0.717, 1.165) is 17.7 Å². The fraction of sp³-hybridized carbons (Fsp3) is 0.200. The molecule has 0 atom stereocenters. The predicted molar refractivity (Wildman–Crippen MR) is 73.0 cm³/mol. The van der Waals surface area contributed by atoms with Gasteiger partial charge in [-0.15, -0.1) is 0 Å². The monoisotopic (exact) mass is 253 g/mol. The molecule has 0 aliphatic carbocycles. The highest BCUT2D eigenvalue weighted by molar-refractivity contribution is 5.41. The number of hydrogen-bond donors (Lipinski definition) is 1. The van der Waals surface area contributed by atoms with Crippen LogP contribution in [0.4, 0.5) is 0 Å². The minimum Gasteiger partial charge on any atom is -0.438 e. The maximum Gasteiger partial charge on any atom is 0.237 e. The van der Waals surface area contributed by atoms with Crippen molar-refractivity contribution in [2.24, 2.45) is 5.73 Å². The van der Waals surface area contributed by atoms with E-state index in [1.165, 1.54) is 0 Å². The van der Waals surface area contributed by atoms with Crippen molar-refractivity contribution in [3.05, 3.63) is 53.2 Å². The summed E-state index contributed by atoms with van der Waals surface area (Å²) in [6.45, 7) is 2.48. The standard InChI is InChI=1S/C15H15N3O/c1-11-2-5-13(10-17)15(18-11)19-14-6-3-12(4-7-14)8-9-16/h2-7H,8-9,16H2,1H3. The van der Waals surface area contributed by atoms with E-state index in [9.17, 15) is 0 Å². The first kappa shape index (κ1) is 13.1. The Balaban J connectivity index is 2.21. The molecule has 0 aliphatic rings. The Kier molecular flexibility index (Phi) is 4.11. The fourth-order valence-electron chi connectivity index (χ4n) is 1.70. The van der Waals surface area contributed by atoms with Crippen molar-refractivity contribution in [2.75, 3.05) is 6.54 Å². The molecule has 0 saturated heterocycles. The highest BCUT2D eigenvalue weighted by atomic mass is 16.5. The van der Waals surface area contributed by atoms with Gasteiger partial charge < -0.3 is 10.5 Å². The molecule has 0 unspecified atom stereocenters. The summed E-state index contributed by atoms with van der Waals surface area (Å²) in [6.07, 6.45) is 0.840. The normalized spacial score (nSPS) is 9.95. The van der Waals surface area contributed by atoms with Crippen molar-refractivity contribution in [3.8, 4) is 17.7 Å². The van der Waals surface area contributed by atoms with E-state index < -0.39 is 0 Å². The van der Waals surface area contributed by atoms with Gasteiger partial charge in [0.25, 0.3) is 0 Å². The average molecular weight is 253 g/mol. The molecule has 0 radical (unpaired) electrons. The van der Waals surface area contributed by atoms with Gasteiger partial charge in [0, 0.05) is 5.69 Å². The summed E-state index contributed by atoms with van der Waals surface area (Å²) >= 11 is 0. The molecule has 0 fully saturated rings. The number of rotatable bonds is 4. The first-order valence-electron chi connectivity index (χ1n) is 6.07. The summed E-state index contributed by atoms with van der Waals surface area (Å²) in [7, 11) is 0. The van der Waals surface area contributed by atoms with Crippen molar-refractivity contribution in [2.45, 2.75) is 13.3 Å². The summed E-state index contributed by atoms with van der Waals surface area (Å²) in [5, 5.41) is 9.02. The minimum atomic E-state index is 0.342. The van der Waals surface area contributed by atoms with Gasteiger partial charge in [0.05, 0.1) is 0 Å². The number of ether oxygens (including phenoxy) is 1. The molecule has 0 saturated carbocycles. The topological polar surface area (TPSA) is 71.9 Å².